The van der Waals surface area contributed by atoms with E-state index in [0.29, 0.717) is 36.8 Å². The molecule has 0 unspecified atom stereocenters. The van der Waals surface area contributed by atoms with Crippen LogP contribution >= 0.6 is 23.2 Å². The highest BCUT2D eigenvalue weighted by molar-refractivity contribution is 6.18. The lowest BCUT2D eigenvalue weighted by Crippen LogP contribution is -2.27. The van der Waals surface area contributed by atoms with Crippen LogP contribution in [0.5, 0.6) is 0 Å². The summed E-state index contributed by atoms with van der Waals surface area (Å²) in [6.07, 6.45) is 4.79. The van der Waals surface area contributed by atoms with E-state index in [2.05, 4.69) is 4.98 Å². The molecule has 0 aliphatic carbocycles. The molecule has 1 aromatic heterocycles. The van der Waals surface area contributed by atoms with Crippen molar-refractivity contribution in [2.75, 3.05) is 36.4 Å². The molecule has 5 nitrogen and oxygen atoms in total. The van der Waals surface area contributed by atoms with Crippen molar-refractivity contribution in [3.63, 3.8) is 0 Å². The number of alkyl halides is 2. The zero-order valence-electron chi connectivity index (χ0n) is 16.3. The first-order valence-corrected chi connectivity index (χ1v) is 10.7. The number of anilines is 1. The molecule has 0 fully saturated rings. The highest BCUT2D eigenvalue weighted by Gasteiger charge is 2.16. The highest BCUT2D eigenvalue weighted by atomic mass is 35.5. The fraction of sp³-hybridized carbons (Fsp3) is 0.600. The van der Waals surface area contributed by atoms with Gasteiger partial charge >= 0.3 is 0 Å². The molecule has 0 aliphatic heterocycles. The normalized spacial score (nSPS) is 11.3. The van der Waals surface area contributed by atoms with Crippen molar-refractivity contribution in [1.29, 1.82) is 0 Å². The zero-order chi connectivity index (χ0) is 20.5. The van der Waals surface area contributed by atoms with Crippen LogP contribution in [-0.4, -0.2) is 51.9 Å². The second-order valence-electron chi connectivity index (χ2n) is 6.86. The molecule has 2 aromatic rings. The fourth-order valence-corrected chi connectivity index (χ4v) is 3.71. The van der Waals surface area contributed by atoms with Gasteiger partial charge < -0.3 is 14.6 Å². The molecule has 0 saturated heterocycles. The van der Waals surface area contributed by atoms with Gasteiger partial charge in [0.05, 0.1) is 5.52 Å². The largest absolute Gasteiger partial charge is 0.389 e. The second kappa shape index (κ2) is 11.6. The van der Waals surface area contributed by atoms with E-state index in [9.17, 15) is 9.18 Å². The van der Waals surface area contributed by atoms with E-state index in [1.54, 1.807) is 0 Å². The molecule has 8 heteroatoms. The number of nitrogens with zero attached hydrogens (tertiary/aromatic N) is 3. The number of hydrogen-bond donors (Lipinski definition) is 1. The summed E-state index contributed by atoms with van der Waals surface area (Å²) >= 11 is 11.7. The van der Waals surface area contributed by atoms with Crippen molar-refractivity contribution in [2.45, 2.75) is 38.5 Å². The third-order valence-electron chi connectivity index (χ3n) is 4.87. The monoisotopic (exact) mass is 431 g/mol. The summed E-state index contributed by atoms with van der Waals surface area (Å²) in [6, 6.07) is 3.44. The summed E-state index contributed by atoms with van der Waals surface area (Å²) in [5.41, 5.74) is 1.90. The number of carbonyl (C=O) groups excluding carboxylic acids is 1. The Morgan fingerprint density at radius 1 is 1.18 bits per heavy atom. The lowest BCUT2D eigenvalue weighted by Gasteiger charge is -2.23. The summed E-state index contributed by atoms with van der Waals surface area (Å²) in [6.45, 7) is 0.825. The second-order valence-corrected chi connectivity index (χ2v) is 7.61. The van der Waals surface area contributed by atoms with E-state index in [4.69, 9.17) is 28.3 Å². The van der Waals surface area contributed by atoms with E-state index in [0.717, 1.165) is 49.1 Å². The van der Waals surface area contributed by atoms with Gasteiger partial charge in [-0.25, -0.2) is 9.37 Å². The maximum atomic E-state index is 14.7. The predicted octanol–water partition coefficient (Wildman–Crippen LogP) is 4.05. The van der Waals surface area contributed by atoms with Gasteiger partial charge in [0.25, 0.3) is 0 Å². The van der Waals surface area contributed by atoms with Gasteiger partial charge in [0.15, 0.2) is 11.6 Å². The van der Waals surface area contributed by atoms with E-state index in [-0.39, 0.29) is 18.2 Å². The number of aryl methyl sites for hydroxylation is 2. The van der Waals surface area contributed by atoms with Crippen LogP contribution in [0.3, 0.4) is 0 Å². The first-order chi connectivity index (χ1) is 13.5. The minimum Gasteiger partial charge on any atom is -0.389 e. The Hall–Kier alpha value is -1.37. The number of hydrogen-bond acceptors (Lipinski definition) is 4. The van der Waals surface area contributed by atoms with Gasteiger partial charge in [0.2, 0.25) is 0 Å². The minimum atomic E-state index is -0.374. The molecular weight excluding hydrogens is 404 g/mol. The van der Waals surface area contributed by atoms with Crippen molar-refractivity contribution in [3.05, 3.63) is 23.8 Å². The number of aliphatic hydroxyl groups is 1. The molecule has 0 spiro atoms. The third-order valence-corrected chi connectivity index (χ3v) is 5.21. The molecule has 0 atom stereocenters. The van der Waals surface area contributed by atoms with E-state index in [1.807, 2.05) is 22.6 Å². The van der Waals surface area contributed by atoms with Crippen molar-refractivity contribution in [3.8, 4) is 0 Å². The summed E-state index contributed by atoms with van der Waals surface area (Å²) in [7, 11) is 1.90. The van der Waals surface area contributed by atoms with Gasteiger partial charge in [-0.15, -0.1) is 23.2 Å². The summed E-state index contributed by atoms with van der Waals surface area (Å²) in [4.78, 5) is 17.6. The highest BCUT2D eigenvalue weighted by Crippen LogP contribution is 2.26. The molecule has 1 heterocycles. The van der Waals surface area contributed by atoms with Gasteiger partial charge in [-0.05, 0) is 25.0 Å². The molecule has 1 N–H and O–H groups in total. The SMILES string of the molecule is Cn1c(CCCCCCC(=O)CO)nc2c(F)cc(N(CCCl)CCCl)cc21. The lowest BCUT2D eigenvalue weighted by atomic mass is 10.1. The zero-order valence-corrected chi connectivity index (χ0v) is 17.8. The van der Waals surface area contributed by atoms with Gasteiger partial charge in [-0.2, -0.15) is 0 Å². The lowest BCUT2D eigenvalue weighted by molar-refractivity contribution is -0.121. The van der Waals surface area contributed by atoms with Gasteiger partial charge in [0, 0.05) is 50.4 Å². The molecule has 2 rings (SSSR count). The van der Waals surface area contributed by atoms with Crippen LogP contribution in [0.2, 0.25) is 0 Å². The number of imidazole rings is 1. The average Bonchev–Trinajstić information content (AvgIpc) is 3.00. The van der Waals surface area contributed by atoms with Crippen molar-refractivity contribution >= 4 is 45.7 Å². The molecule has 0 bridgehead atoms. The molecule has 156 valence electrons. The number of rotatable bonds is 13. The standard InChI is InChI=1S/C20H28Cl2FN3O2/c1-25-18-13-15(26(10-8-21)11-9-22)12-17(23)20(18)24-19(25)7-5-3-2-4-6-16(28)14-27/h12-13,27H,2-11,14H2,1H3. The minimum absolute atomic E-state index is 0.112. The number of Topliss-reactive ketones (excluding diaryl/α,β-unsaturated/α-hetero) is 1. The summed E-state index contributed by atoms with van der Waals surface area (Å²) in [5.74, 6) is 1.28. The van der Waals surface area contributed by atoms with Crippen LogP contribution in [0.15, 0.2) is 12.1 Å². The number of benzene rings is 1. The Kier molecular flexibility index (Phi) is 9.48. The van der Waals surface area contributed by atoms with Crippen LogP contribution in [0.1, 0.15) is 37.9 Å². The van der Waals surface area contributed by atoms with E-state index < -0.39 is 0 Å². The van der Waals surface area contributed by atoms with Gasteiger partial charge in [0.1, 0.15) is 17.9 Å². The number of ketones is 1. The van der Waals surface area contributed by atoms with E-state index >= 15 is 0 Å². The predicted molar refractivity (Wildman–Crippen MR) is 113 cm³/mol. The molecule has 0 radical (unpaired) electrons. The molecule has 0 saturated carbocycles. The maximum Gasteiger partial charge on any atom is 0.158 e. The first-order valence-electron chi connectivity index (χ1n) is 9.66. The Bertz CT molecular complexity index is 776. The molecular formula is C20H28Cl2FN3O2. The number of carbonyl (C=O) groups is 1. The fourth-order valence-electron chi connectivity index (χ4n) is 3.30. The number of unbranched alkanes of at least 4 members (excludes halogenated alkanes) is 3. The first kappa shape index (κ1) is 22.9. The number of aliphatic hydroxyl groups excluding tert-OH is 1. The van der Waals surface area contributed by atoms with Crippen LogP contribution < -0.4 is 4.90 Å². The van der Waals surface area contributed by atoms with Crippen molar-refractivity contribution < 1.29 is 14.3 Å². The van der Waals surface area contributed by atoms with Crippen LogP contribution in [0, 0.1) is 5.82 Å². The quantitative estimate of drug-likeness (QED) is 0.383. The third kappa shape index (κ3) is 6.06. The van der Waals surface area contributed by atoms with Crippen LogP contribution in [-0.2, 0) is 18.3 Å². The molecule has 28 heavy (non-hydrogen) atoms. The van der Waals surface area contributed by atoms with Crippen LogP contribution in [0.4, 0.5) is 10.1 Å². The van der Waals surface area contributed by atoms with Crippen molar-refractivity contribution in [2.24, 2.45) is 7.05 Å². The number of fused-ring (bicyclic) bond motifs is 1. The topological polar surface area (TPSA) is 58.4 Å². The van der Waals surface area contributed by atoms with Crippen molar-refractivity contribution in [1.82, 2.24) is 9.55 Å². The summed E-state index contributed by atoms with van der Waals surface area (Å²) in [5, 5.41) is 8.71. The van der Waals surface area contributed by atoms with Gasteiger partial charge in [-0.3, -0.25) is 4.79 Å². The van der Waals surface area contributed by atoms with Gasteiger partial charge in [-0.1, -0.05) is 12.8 Å². The number of aromatic nitrogens is 2. The van der Waals surface area contributed by atoms with E-state index in [1.165, 1.54) is 6.07 Å². The molecule has 1 aromatic carbocycles. The Morgan fingerprint density at radius 2 is 1.86 bits per heavy atom. The Balaban J connectivity index is 2.05. The molecule has 0 amide bonds. The Morgan fingerprint density at radius 3 is 2.50 bits per heavy atom. The number of halogens is 3. The maximum absolute atomic E-state index is 14.7. The smallest absolute Gasteiger partial charge is 0.158 e. The average molecular weight is 432 g/mol. The summed E-state index contributed by atoms with van der Waals surface area (Å²) < 4.78 is 16.6. The Labute approximate surface area is 175 Å². The van der Waals surface area contributed by atoms with Crippen LogP contribution in [0.25, 0.3) is 11.0 Å². The molecule has 0 aliphatic rings.